The predicted molar refractivity (Wildman–Crippen MR) is 132 cm³/mol. The quantitative estimate of drug-likeness (QED) is 0.355. The Labute approximate surface area is 195 Å². The van der Waals surface area contributed by atoms with Gasteiger partial charge in [0.2, 0.25) is 0 Å². The molecule has 0 saturated heterocycles. The van der Waals surface area contributed by atoms with Crippen LogP contribution in [-0.2, 0) is 6.42 Å². The zero-order chi connectivity index (χ0) is 22.8. The summed E-state index contributed by atoms with van der Waals surface area (Å²) in [5, 5.41) is 9.71. The number of pyridine rings is 1. The molecule has 0 saturated carbocycles. The fourth-order valence-corrected chi connectivity index (χ4v) is 4.89. The van der Waals surface area contributed by atoms with Gasteiger partial charge < -0.3 is 15.6 Å². The van der Waals surface area contributed by atoms with E-state index >= 15 is 0 Å². The third kappa shape index (κ3) is 4.35. The molecule has 0 fully saturated rings. The van der Waals surface area contributed by atoms with Crippen molar-refractivity contribution >= 4 is 27.4 Å². The fraction of sp³-hybridized carbons (Fsp3) is 0.200. The zero-order valence-corrected chi connectivity index (χ0v) is 19.3. The molecule has 166 valence electrons. The van der Waals surface area contributed by atoms with Crippen molar-refractivity contribution < 1.29 is 4.52 Å². The van der Waals surface area contributed by atoms with Crippen LogP contribution in [0.1, 0.15) is 17.0 Å². The minimum absolute atomic E-state index is 0.0521. The van der Waals surface area contributed by atoms with Crippen LogP contribution in [0, 0.1) is 13.8 Å². The van der Waals surface area contributed by atoms with E-state index in [9.17, 15) is 0 Å². The highest BCUT2D eigenvalue weighted by Crippen LogP contribution is 2.39. The Hall–Kier alpha value is -3.62. The van der Waals surface area contributed by atoms with Gasteiger partial charge in [-0.2, -0.15) is 0 Å². The van der Waals surface area contributed by atoms with Gasteiger partial charge in [0.05, 0.1) is 21.5 Å². The largest absolute Gasteiger partial charge is 0.367 e. The highest BCUT2D eigenvalue weighted by molar-refractivity contribution is 7.18. The molecular formula is C25H24N6OS. The molecule has 4 heterocycles. The summed E-state index contributed by atoms with van der Waals surface area (Å²) in [6.07, 6.45) is 4.28. The van der Waals surface area contributed by atoms with Gasteiger partial charge in [-0.3, -0.25) is 4.98 Å². The summed E-state index contributed by atoms with van der Waals surface area (Å²) >= 11 is 1.61. The number of hydrogen-bond acceptors (Lipinski definition) is 8. The van der Waals surface area contributed by atoms with Crippen LogP contribution in [0.2, 0.25) is 0 Å². The highest BCUT2D eigenvalue weighted by Gasteiger charge is 2.20. The number of aryl methyl sites for hydroxylation is 2. The predicted octanol–water partition coefficient (Wildman–Crippen LogP) is 5.01. The SMILES string of the molecule is Cc1noc(C)c1-c1csc2c(NCC(N)Cc3ccccc3)nc(-c3ccncc3)nc12. The number of anilines is 1. The standard InChI is InChI=1S/C25H24N6OS/c1-15-21(16(2)32-31-15)20-14-33-23-22(20)29-24(18-8-10-27-11-9-18)30-25(23)28-13-19(26)12-17-6-4-3-5-7-17/h3-11,14,19H,12-13,26H2,1-2H3,(H,28,29,30). The van der Waals surface area contributed by atoms with Gasteiger partial charge in [-0.05, 0) is 38.0 Å². The molecule has 1 atom stereocenters. The lowest BCUT2D eigenvalue weighted by Crippen LogP contribution is -2.31. The average Bonchev–Trinajstić information content (AvgIpc) is 3.40. The summed E-state index contributed by atoms with van der Waals surface area (Å²) in [4.78, 5) is 13.9. The van der Waals surface area contributed by atoms with Crippen molar-refractivity contribution in [2.24, 2.45) is 5.73 Å². The van der Waals surface area contributed by atoms with E-state index in [1.54, 1.807) is 23.7 Å². The fourth-order valence-electron chi connectivity index (χ4n) is 3.93. The Balaban J connectivity index is 1.53. The Bertz CT molecular complexity index is 1360. The lowest BCUT2D eigenvalue weighted by atomic mass is 10.1. The summed E-state index contributed by atoms with van der Waals surface area (Å²) in [5.41, 5.74) is 12.2. The van der Waals surface area contributed by atoms with E-state index in [1.165, 1.54) is 5.56 Å². The van der Waals surface area contributed by atoms with E-state index in [0.29, 0.717) is 12.4 Å². The highest BCUT2D eigenvalue weighted by atomic mass is 32.1. The summed E-state index contributed by atoms with van der Waals surface area (Å²) in [7, 11) is 0. The Morgan fingerprint density at radius 2 is 1.85 bits per heavy atom. The Kier molecular flexibility index (Phi) is 5.85. The van der Waals surface area contributed by atoms with Gasteiger partial charge >= 0.3 is 0 Å². The van der Waals surface area contributed by atoms with Crippen molar-refractivity contribution in [2.45, 2.75) is 26.3 Å². The van der Waals surface area contributed by atoms with Crippen LogP contribution in [-0.4, -0.2) is 32.7 Å². The van der Waals surface area contributed by atoms with E-state index < -0.39 is 0 Å². The first-order valence-corrected chi connectivity index (χ1v) is 11.6. The van der Waals surface area contributed by atoms with Gasteiger partial charge in [0.1, 0.15) is 11.6 Å². The molecule has 1 unspecified atom stereocenters. The van der Waals surface area contributed by atoms with Gasteiger partial charge in [-0.25, -0.2) is 9.97 Å². The van der Waals surface area contributed by atoms with Crippen LogP contribution in [0.5, 0.6) is 0 Å². The second-order valence-corrected chi connectivity index (χ2v) is 8.87. The van der Waals surface area contributed by atoms with Crippen molar-refractivity contribution in [3.63, 3.8) is 0 Å². The Morgan fingerprint density at radius 1 is 1.06 bits per heavy atom. The van der Waals surface area contributed by atoms with Crippen molar-refractivity contribution in [3.8, 4) is 22.5 Å². The molecule has 7 nitrogen and oxygen atoms in total. The zero-order valence-electron chi connectivity index (χ0n) is 18.4. The first-order valence-electron chi connectivity index (χ1n) is 10.8. The van der Waals surface area contributed by atoms with Crippen LogP contribution >= 0.6 is 11.3 Å². The molecule has 0 aliphatic carbocycles. The molecule has 0 spiro atoms. The molecule has 5 rings (SSSR count). The second-order valence-electron chi connectivity index (χ2n) is 7.99. The maximum Gasteiger partial charge on any atom is 0.162 e. The summed E-state index contributed by atoms with van der Waals surface area (Å²) in [5.74, 6) is 2.18. The molecule has 0 radical (unpaired) electrons. The first kappa shape index (κ1) is 21.2. The molecule has 0 aliphatic rings. The summed E-state index contributed by atoms with van der Waals surface area (Å²) in [6.45, 7) is 4.46. The third-order valence-electron chi connectivity index (χ3n) is 5.53. The van der Waals surface area contributed by atoms with Crippen LogP contribution in [0.3, 0.4) is 0 Å². The molecular weight excluding hydrogens is 432 g/mol. The number of hydrogen-bond donors (Lipinski definition) is 2. The molecule has 0 amide bonds. The normalized spacial score (nSPS) is 12.2. The van der Waals surface area contributed by atoms with Crippen molar-refractivity contribution in [3.05, 3.63) is 77.3 Å². The van der Waals surface area contributed by atoms with Crippen LogP contribution in [0.4, 0.5) is 5.82 Å². The third-order valence-corrected chi connectivity index (χ3v) is 6.50. The van der Waals surface area contributed by atoms with Gasteiger partial charge in [-0.15, -0.1) is 11.3 Å². The lowest BCUT2D eigenvalue weighted by molar-refractivity contribution is 0.393. The van der Waals surface area contributed by atoms with E-state index in [0.717, 1.165) is 50.6 Å². The van der Waals surface area contributed by atoms with Crippen LogP contribution in [0.15, 0.2) is 64.8 Å². The minimum Gasteiger partial charge on any atom is -0.367 e. The van der Waals surface area contributed by atoms with E-state index in [4.69, 9.17) is 20.2 Å². The summed E-state index contributed by atoms with van der Waals surface area (Å²) < 4.78 is 6.40. The number of nitrogens with one attached hydrogen (secondary N) is 1. The molecule has 4 aromatic heterocycles. The molecule has 3 N–H and O–H groups in total. The Morgan fingerprint density at radius 3 is 2.58 bits per heavy atom. The van der Waals surface area contributed by atoms with Crippen molar-refractivity contribution in [1.29, 1.82) is 0 Å². The smallest absolute Gasteiger partial charge is 0.162 e. The number of nitrogens with two attached hydrogens (primary N) is 1. The number of nitrogens with zero attached hydrogens (tertiary/aromatic N) is 4. The first-order chi connectivity index (χ1) is 16.1. The topological polar surface area (TPSA) is 103 Å². The molecule has 5 aromatic rings. The molecule has 1 aromatic carbocycles. The van der Waals surface area contributed by atoms with Crippen LogP contribution in [0.25, 0.3) is 32.7 Å². The monoisotopic (exact) mass is 456 g/mol. The lowest BCUT2D eigenvalue weighted by Gasteiger charge is -2.14. The maximum atomic E-state index is 6.44. The van der Waals surface area contributed by atoms with Gasteiger partial charge in [0.15, 0.2) is 5.82 Å². The molecule has 0 bridgehead atoms. The molecule has 0 aliphatic heterocycles. The van der Waals surface area contributed by atoms with Gasteiger partial charge in [0, 0.05) is 41.5 Å². The number of aromatic nitrogens is 4. The maximum absolute atomic E-state index is 6.44. The van der Waals surface area contributed by atoms with Crippen LogP contribution < -0.4 is 11.1 Å². The minimum atomic E-state index is -0.0521. The van der Waals surface area contributed by atoms with Crippen molar-refractivity contribution in [1.82, 2.24) is 20.1 Å². The second kappa shape index (κ2) is 9.09. The van der Waals surface area contributed by atoms with E-state index in [-0.39, 0.29) is 6.04 Å². The average molecular weight is 457 g/mol. The van der Waals surface area contributed by atoms with Crippen molar-refractivity contribution in [2.75, 3.05) is 11.9 Å². The van der Waals surface area contributed by atoms with Gasteiger partial charge in [-0.1, -0.05) is 35.5 Å². The number of rotatable bonds is 7. The molecule has 8 heteroatoms. The van der Waals surface area contributed by atoms with E-state index in [1.807, 2.05) is 44.2 Å². The summed E-state index contributed by atoms with van der Waals surface area (Å²) in [6, 6.07) is 14.0. The molecule has 33 heavy (non-hydrogen) atoms. The van der Waals surface area contributed by atoms with Gasteiger partial charge in [0.25, 0.3) is 0 Å². The number of thiophene rings is 1. The number of fused-ring (bicyclic) bond motifs is 1. The van der Waals surface area contributed by atoms with E-state index in [2.05, 4.69) is 33.0 Å². The number of benzene rings is 1.